The van der Waals surface area contributed by atoms with Crippen LogP contribution in [0.3, 0.4) is 0 Å². The van der Waals surface area contributed by atoms with E-state index in [0.29, 0.717) is 18.0 Å². The molecule has 0 amide bonds. The fourth-order valence-electron chi connectivity index (χ4n) is 3.29. The quantitative estimate of drug-likeness (QED) is 0.719. The van der Waals surface area contributed by atoms with Crippen molar-refractivity contribution in [3.8, 4) is 0 Å². The minimum Gasteiger partial charge on any atom is -0.355 e. The lowest BCUT2D eigenvalue weighted by Gasteiger charge is -2.43. The van der Waals surface area contributed by atoms with E-state index in [2.05, 4.69) is 10.2 Å². The summed E-state index contributed by atoms with van der Waals surface area (Å²) in [5.41, 5.74) is -3.28. The molecule has 1 aromatic carbocycles. The number of piperidine rings is 1. The normalized spacial score (nSPS) is 18.0. The average Bonchev–Trinajstić information content (AvgIpc) is 2.61. The fraction of sp³-hybridized carbons (Fsp3) is 0.412. The highest BCUT2D eigenvalue weighted by molar-refractivity contribution is 5.40. The summed E-state index contributed by atoms with van der Waals surface area (Å²) < 4.78 is 79.7. The van der Waals surface area contributed by atoms with Crippen LogP contribution in [0.2, 0.25) is 0 Å². The number of nitrogens with zero attached hydrogens (tertiary/aromatic N) is 3. The van der Waals surface area contributed by atoms with Crippen LogP contribution in [-0.4, -0.2) is 29.5 Å². The van der Waals surface area contributed by atoms with E-state index >= 15 is 0 Å². The van der Waals surface area contributed by atoms with Gasteiger partial charge < -0.3 is 4.90 Å². The Hall–Kier alpha value is -2.32. The highest BCUT2D eigenvalue weighted by Gasteiger charge is 2.56. The molecule has 2 aromatic rings. The van der Waals surface area contributed by atoms with Crippen LogP contribution in [0.4, 0.5) is 32.2 Å². The summed E-state index contributed by atoms with van der Waals surface area (Å²) in [7, 11) is 0. The Kier molecular flexibility index (Phi) is 4.58. The predicted octanol–water partition coefficient (Wildman–Crippen LogP) is 4.60. The van der Waals surface area contributed by atoms with Gasteiger partial charge in [-0.25, -0.2) is 0 Å². The monoisotopic (exact) mass is 375 g/mol. The molecule has 0 bridgehead atoms. The van der Waals surface area contributed by atoms with Crippen LogP contribution >= 0.6 is 0 Å². The van der Waals surface area contributed by atoms with Gasteiger partial charge in [-0.15, -0.1) is 5.10 Å². The van der Waals surface area contributed by atoms with E-state index in [0.717, 1.165) is 12.1 Å². The third kappa shape index (κ3) is 3.34. The lowest BCUT2D eigenvalue weighted by atomic mass is 9.72. The number of rotatable bonds is 2. The maximum Gasteiger partial charge on any atom is 0.416 e. The second-order valence-corrected chi connectivity index (χ2v) is 6.22. The van der Waals surface area contributed by atoms with E-state index < -0.39 is 23.3 Å². The molecule has 0 spiro atoms. The number of hydrogen-bond acceptors (Lipinski definition) is 3. The Labute approximate surface area is 145 Å². The highest BCUT2D eigenvalue weighted by atomic mass is 19.4. The molecule has 26 heavy (non-hydrogen) atoms. The summed E-state index contributed by atoms with van der Waals surface area (Å²) in [5, 5.41) is 7.61. The van der Waals surface area contributed by atoms with Gasteiger partial charge in [0.2, 0.25) is 0 Å². The van der Waals surface area contributed by atoms with Crippen LogP contribution in [0.1, 0.15) is 24.0 Å². The first-order chi connectivity index (χ1) is 12.1. The molecule has 0 N–H and O–H groups in total. The standard InChI is InChI=1S/C17H15F6N3/c18-16(19,20)13-5-3-12(4-6-13)15(17(21,22)23)7-10-26(11-8-15)14-2-1-9-24-25-14/h1-6,9H,7-8,10-11H2. The third-order valence-electron chi connectivity index (χ3n) is 4.81. The molecule has 3 nitrogen and oxygen atoms in total. The lowest BCUT2D eigenvalue weighted by Crippen LogP contribution is -2.51. The van der Waals surface area contributed by atoms with Crippen LogP contribution < -0.4 is 4.90 Å². The lowest BCUT2D eigenvalue weighted by molar-refractivity contribution is -0.196. The molecular weight excluding hydrogens is 360 g/mol. The van der Waals surface area contributed by atoms with Gasteiger partial charge in [-0.2, -0.15) is 31.4 Å². The molecule has 3 rings (SSSR count). The molecule has 1 aromatic heterocycles. The number of anilines is 1. The molecular formula is C17H15F6N3. The summed E-state index contributed by atoms with van der Waals surface area (Å²) in [4.78, 5) is 1.70. The molecule has 0 saturated carbocycles. The zero-order valence-corrected chi connectivity index (χ0v) is 13.5. The Morgan fingerprint density at radius 1 is 0.885 bits per heavy atom. The van der Waals surface area contributed by atoms with Crippen molar-refractivity contribution in [1.82, 2.24) is 10.2 Å². The second kappa shape index (κ2) is 6.44. The highest BCUT2D eigenvalue weighted by Crippen LogP contribution is 2.49. The smallest absolute Gasteiger partial charge is 0.355 e. The van der Waals surface area contributed by atoms with E-state index in [1.54, 1.807) is 17.0 Å². The van der Waals surface area contributed by atoms with Crippen molar-refractivity contribution in [1.29, 1.82) is 0 Å². The maximum absolute atomic E-state index is 13.9. The Morgan fingerprint density at radius 3 is 1.96 bits per heavy atom. The van der Waals surface area contributed by atoms with Crippen molar-refractivity contribution in [2.45, 2.75) is 30.6 Å². The average molecular weight is 375 g/mol. The summed E-state index contributed by atoms with van der Waals surface area (Å²) >= 11 is 0. The largest absolute Gasteiger partial charge is 0.416 e. The van der Waals surface area contributed by atoms with E-state index in [1.807, 2.05) is 0 Å². The van der Waals surface area contributed by atoms with Gasteiger partial charge in [-0.3, -0.25) is 0 Å². The first-order valence-electron chi connectivity index (χ1n) is 7.91. The van der Waals surface area contributed by atoms with E-state index in [9.17, 15) is 26.3 Å². The van der Waals surface area contributed by atoms with Crippen LogP contribution in [0.25, 0.3) is 0 Å². The van der Waals surface area contributed by atoms with Gasteiger partial charge in [0.15, 0.2) is 5.82 Å². The summed E-state index contributed by atoms with van der Waals surface area (Å²) in [6, 6.07) is 6.59. The number of alkyl halides is 6. The van der Waals surface area contributed by atoms with Crippen molar-refractivity contribution >= 4 is 5.82 Å². The van der Waals surface area contributed by atoms with Crippen molar-refractivity contribution in [2.24, 2.45) is 0 Å². The summed E-state index contributed by atoms with van der Waals surface area (Å²) in [6.07, 6.45) is -8.22. The Balaban J connectivity index is 1.88. The van der Waals surface area contributed by atoms with Gasteiger partial charge in [0.1, 0.15) is 0 Å². The molecule has 2 heterocycles. The van der Waals surface area contributed by atoms with Gasteiger partial charge in [0, 0.05) is 19.3 Å². The Morgan fingerprint density at radius 2 is 1.50 bits per heavy atom. The van der Waals surface area contributed by atoms with Crippen molar-refractivity contribution < 1.29 is 26.3 Å². The Bertz CT molecular complexity index is 732. The maximum atomic E-state index is 13.9. The van der Waals surface area contributed by atoms with E-state index in [-0.39, 0.29) is 31.5 Å². The van der Waals surface area contributed by atoms with E-state index in [4.69, 9.17) is 0 Å². The molecule has 0 atom stereocenters. The molecule has 140 valence electrons. The summed E-state index contributed by atoms with van der Waals surface area (Å²) in [5.74, 6) is 0.482. The van der Waals surface area contributed by atoms with Crippen LogP contribution in [-0.2, 0) is 11.6 Å². The minimum absolute atomic E-state index is 0.0826. The second-order valence-electron chi connectivity index (χ2n) is 6.22. The van der Waals surface area contributed by atoms with Crippen molar-refractivity contribution in [2.75, 3.05) is 18.0 Å². The molecule has 9 heteroatoms. The van der Waals surface area contributed by atoms with Crippen molar-refractivity contribution in [3.63, 3.8) is 0 Å². The topological polar surface area (TPSA) is 29.0 Å². The van der Waals surface area contributed by atoms with Gasteiger partial charge in [-0.05, 0) is 42.7 Å². The number of benzene rings is 1. The minimum atomic E-state index is -4.58. The molecule has 1 aliphatic rings. The van der Waals surface area contributed by atoms with E-state index in [1.165, 1.54) is 6.20 Å². The molecule has 0 aliphatic carbocycles. The first kappa shape index (κ1) is 18.5. The number of hydrogen-bond donors (Lipinski definition) is 0. The van der Waals surface area contributed by atoms with Crippen LogP contribution in [0, 0.1) is 0 Å². The SMILES string of the molecule is FC(F)(F)c1ccc(C2(C(F)(F)F)CCN(c3cccnn3)CC2)cc1. The predicted molar refractivity (Wildman–Crippen MR) is 82.7 cm³/mol. The summed E-state index contributed by atoms with van der Waals surface area (Å²) in [6.45, 7) is 0.165. The van der Waals surface area contributed by atoms with Gasteiger partial charge >= 0.3 is 12.4 Å². The van der Waals surface area contributed by atoms with Crippen LogP contribution in [0.15, 0.2) is 42.6 Å². The molecule has 1 aliphatic heterocycles. The first-order valence-corrected chi connectivity index (χ1v) is 7.91. The third-order valence-corrected chi connectivity index (χ3v) is 4.81. The zero-order valence-electron chi connectivity index (χ0n) is 13.5. The molecule has 0 unspecified atom stereocenters. The molecule has 1 fully saturated rings. The zero-order chi connectivity index (χ0) is 19.0. The number of aromatic nitrogens is 2. The van der Waals surface area contributed by atoms with Gasteiger partial charge in [0.25, 0.3) is 0 Å². The van der Waals surface area contributed by atoms with Gasteiger partial charge in [-0.1, -0.05) is 12.1 Å². The fourth-order valence-corrected chi connectivity index (χ4v) is 3.29. The molecule has 0 radical (unpaired) electrons. The van der Waals surface area contributed by atoms with Gasteiger partial charge in [0.05, 0.1) is 11.0 Å². The number of halogens is 6. The van der Waals surface area contributed by atoms with Crippen LogP contribution in [0.5, 0.6) is 0 Å². The molecule has 1 saturated heterocycles. The van der Waals surface area contributed by atoms with Crippen molar-refractivity contribution in [3.05, 3.63) is 53.7 Å².